The Morgan fingerprint density at radius 3 is 1.61 bits per heavy atom. The molecule has 0 saturated heterocycles. The molecule has 0 aliphatic rings. The molecule has 9 heteroatoms. The first-order chi connectivity index (χ1) is 13.0. The van der Waals surface area contributed by atoms with Crippen molar-refractivity contribution in [1.82, 2.24) is 0 Å². The van der Waals surface area contributed by atoms with Gasteiger partial charge in [-0.15, -0.1) is 0 Å². The van der Waals surface area contributed by atoms with Gasteiger partial charge in [-0.3, -0.25) is 4.79 Å². The highest BCUT2D eigenvalue weighted by atomic mass is 35.6. The first-order valence-corrected chi connectivity index (χ1v) is 13.7. The average Bonchev–Trinajstić information content (AvgIpc) is 2.62. The van der Waals surface area contributed by atoms with Crippen LogP contribution in [0.3, 0.4) is 0 Å². The van der Waals surface area contributed by atoms with E-state index in [1.807, 2.05) is 0 Å². The summed E-state index contributed by atoms with van der Waals surface area (Å²) in [4.78, 5) is 11.6. The Bertz CT molecular complexity index is 636. The molecule has 0 unspecified atom stereocenters. The molecule has 0 amide bonds. The van der Waals surface area contributed by atoms with Gasteiger partial charge in [0.25, 0.3) is 0 Å². The number of hydrogen-bond acceptors (Lipinski definition) is 2. The summed E-state index contributed by atoms with van der Waals surface area (Å²) in [5.41, 5.74) is 0. The third-order valence-electron chi connectivity index (χ3n) is 4.29. The van der Waals surface area contributed by atoms with Gasteiger partial charge in [0.05, 0.1) is 0 Å². The predicted molar refractivity (Wildman–Crippen MR) is 102 cm³/mol. The van der Waals surface area contributed by atoms with Crippen molar-refractivity contribution in [3.05, 3.63) is 29.1 Å². The second-order valence-corrected chi connectivity index (χ2v) is 14.4. The zero-order valence-electron chi connectivity index (χ0n) is 16.2. The third-order valence-corrected chi connectivity index (χ3v) is 6.40. The minimum Gasteiger partial charge on any atom is -0.420 e. The number of halogens is 6. The minimum absolute atomic E-state index is 0.158. The van der Waals surface area contributed by atoms with Crippen molar-refractivity contribution in [2.45, 2.75) is 76.9 Å². The van der Waals surface area contributed by atoms with Crippen molar-refractivity contribution in [3.8, 4) is 5.75 Å². The molecule has 1 aromatic carbocycles. The number of ether oxygens (including phenoxy) is 1. The Balaban J connectivity index is 2.22. The number of carbonyl (C=O) groups is 1. The summed E-state index contributed by atoms with van der Waals surface area (Å²) in [6.45, 7) is 4.26. The molecule has 0 fully saturated rings. The second-order valence-electron chi connectivity index (χ2n) is 7.42. The normalized spacial score (nSPS) is 11.7. The van der Waals surface area contributed by atoms with Crippen molar-refractivity contribution in [1.29, 1.82) is 0 Å². The molecule has 0 spiro atoms. The maximum absolute atomic E-state index is 13.4. The standard InChI is InChI=1S/C19H26ClF5O2Si/c1-28(2,20)12-10-8-6-4-3-5-7-9-11-13(26)27-19-17(24)15(22)14(21)16(23)18(19)25/h3-12H2,1-2H3. The topological polar surface area (TPSA) is 26.3 Å². The number of esters is 1. The van der Waals surface area contributed by atoms with Crippen LogP contribution in [0.25, 0.3) is 0 Å². The SMILES string of the molecule is C[Si](C)(Cl)CCCCCCCCCCC(=O)Oc1c(F)c(F)c(F)c(F)c1F. The minimum atomic E-state index is -2.29. The lowest BCUT2D eigenvalue weighted by molar-refractivity contribution is -0.135. The largest absolute Gasteiger partial charge is 0.420 e. The highest BCUT2D eigenvalue weighted by Crippen LogP contribution is 2.29. The van der Waals surface area contributed by atoms with E-state index in [1.165, 1.54) is 0 Å². The van der Waals surface area contributed by atoms with E-state index >= 15 is 0 Å². The van der Waals surface area contributed by atoms with Gasteiger partial charge < -0.3 is 4.74 Å². The maximum Gasteiger partial charge on any atom is 0.311 e. The molecule has 28 heavy (non-hydrogen) atoms. The molecular weight excluding hydrogens is 419 g/mol. The summed E-state index contributed by atoms with van der Waals surface area (Å²) >= 11 is 6.25. The fourth-order valence-electron chi connectivity index (χ4n) is 2.71. The van der Waals surface area contributed by atoms with Crippen LogP contribution in [0.5, 0.6) is 5.75 Å². The van der Waals surface area contributed by atoms with Crippen LogP contribution < -0.4 is 4.74 Å². The predicted octanol–water partition coefficient (Wildman–Crippen LogP) is 7.24. The van der Waals surface area contributed by atoms with Crippen molar-refractivity contribution >= 4 is 24.4 Å². The molecule has 0 heterocycles. The van der Waals surface area contributed by atoms with E-state index in [1.54, 1.807) is 0 Å². The van der Waals surface area contributed by atoms with E-state index in [9.17, 15) is 26.7 Å². The van der Waals surface area contributed by atoms with Gasteiger partial charge in [-0.25, -0.2) is 13.2 Å². The molecule has 1 rings (SSSR count). The first-order valence-electron chi connectivity index (χ1n) is 9.45. The van der Waals surface area contributed by atoms with Gasteiger partial charge in [0.2, 0.25) is 34.8 Å². The molecule has 0 aliphatic heterocycles. The number of hydrogen-bond donors (Lipinski definition) is 0. The summed E-state index contributed by atoms with van der Waals surface area (Å²) in [7, 11) is -1.48. The molecule has 160 valence electrons. The summed E-state index contributed by atoms with van der Waals surface area (Å²) in [5.74, 6) is -13.4. The molecule has 0 aromatic heterocycles. The molecule has 0 saturated carbocycles. The molecule has 0 atom stereocenters. The van der Waals surface area contributed by atoms with Crippen molar-refractivity contribution < 1.29 is 31.5 Å². The molecule has 0 radical (unpaired) electrons. The van der Waals surface area contributed by atoms with Crippen LogP contribution >= 0.6 is 11.1 Å². The Hall–Kier alpha value is -1.15. The fourth-order valence-corrected chi connectivity index (χ4v) is 4.21. The maximum atomic E-state index is 13.4. The lowest BCUT2D eigenvalue weighted by atomic mass is 10.1. The average molecular weight is 445 g/mol. The first kappa shape index (κ1) is 24.9. The van der Waals surface area contributed by atoms with Crippen LogP contribution in [-0.2, 0) is 4.79 Å². The zero-order chi connectivity index (χ0) is 21.3. The number of unbranched alkanes of at least 4 members (excludes halogenated alkanes) is 7. The van der Waals surface area contributed by atoms with Gasteiger partial charge in [-0.2, -0.15) is 19.9 Å². The van der Waals surface area contributed by atoms with Crippen LogP contribution in [0, 0.1) is 29.1 Å². The van der Waals surface area contributed by atoms with E-state index < -0.39 is 48.2 Å². The quantitative estimate of drug-likeness (QED) is 0.0496. The van der Waals surface area contributed by atoms with Gasteiger partial charge in [0, 0.05) is 6.42 Å². The summed E-state index contributed by atoms with van der Waals surface area (Å²) in [6, 6.07) is 1.11. The van der Waals surface area contributed by atoms with E-state index in [0.29, 0.717) is 12.8 Å². The summed E-state index contributed by atoms with van der Waals surface area (Å²) in [6.07, 6.45) is 7.38. The van der Waals surface area contributed by atoms with Gasteiger partial charge in [0.15, 0.2) is 0 Å². The van der Waals surface area contributed by atoms with Crippen molar-refractivity contribution in [3.63, 3.8) is 0 Å². The molecule has 1 aromatic rings. The molecule has 2 nitrogen and oxygen atoms in total. The Morgan fingerprint density at radius 2 is 1.14 bits per heavy atom. The van der Waals surface area contributed by atoms with Crippen LogP contribution in [-0.4, -0.2) is 13.4 Å². The van der Waals surface area contributed by atoms with Gasteiger partial charge >= 0.3 is 5.97 Å². The van der Waals surface area contributed by atoms with E-state index in [2.05, 4.69) is 17.8 Å². The number of carbonyl (C=O) groups excluding carboxylic acids is 1. The van der Waals surface area contributed by atoms with Crippen molar-refractivity contribution in [2.24, 2.45) is 0 Å². The fraction of sp³-hybridized carbons (Fsp3) is 0.632. The monoisotopic (exact) mass is 444 g/mol. The number of rotatable bonds is 12. The zero-order valence-corrected chi connectivity index (χ0v) is 17.9. The smallest absolute Gasteiger partial charge is 0.311 e. The molecule has 0 aliphatic carbocycles. The van der Waals surface area contributed by atoms with Gasteiger partial charge in [0.1, 0.15) is 7.38 Å². The van der Waals surface area contributed by atoms with Crippen molar-refractivity contribution in [2.75, 3.05) is 0 Å². The van der Waals surface area contributed by atoms with Crippen LogP contribution in [0.2, 0.25) is 19.1 Å². The van der Waals surface area contributed by atoms with Crippen LogP contribution in [0.4, 0.5) is 22.0 Å². The van der Waals surface area contributed by atoms with Gasteiger partial charge in [-0.1, -0.05) is 58.0 Å². The highest BCUT2D eigenvalue weighted by molar-refractivity contribution is 7.19. The summed E-state index contributed by atoms with van der Waals surface area (Å²) < 4.78 is 70.3. The van der Waals surface area contributed by atoms with Crippen LogP contribution in [0.1, 0.15) is 57.8 Å². The van der Waals surface area contributed by atoms with E-state index in [-0.39, 0.29) is 6.42 Å². The lowest BCUT2D eigenvalue weighted by Gasteiger charge is -2.11. The van der Waals surface area contributed by atoms with E-state index in [4.69, 9.17) is 11.1 Å². The summed E-state index contributed by atoms with van der Waals surface area (Å²) in [5, 5.41) is 0. The second kappa shape index (κ2) is 11.8. The highest BCUT2D eigenvalue weighted by Gasteiger charge is 2.28. The van der Waals surface area contributed by atoms with Gasteiger partial charge in [-0.05, 0) is 12.5 Å². The molecular formula is C19H26ClF5O2Si. The van der Waals surface area contributed by atoms with Crippen LogP contribution in [0.15, 0.2) is 0 Å². The Labute approximate surface area is 168 Å². The Kier molecular flexibility index (Phi) is 10.4. The molecule has 0 N–H and O–H groups in total. The number of benzene rings is 1. The third kappa shape index (κ3) is 8.47. The van der Waals surface area contributed by atoms with E-state index in [0.717, 1.165) is 44.6 Å². The lowest BCUT2D eigenvalue weighted by Crippen LogP contribution is -2.14. The Morgan fingerprint density at radius 1 is 0.750 bits per heavy atom. The molecule has 0 bridgehead atoms.